The molecule has 0 atom stereocenters. The van der Waals surface area contributed by atoms with E-state index >= 15 is 0 Å². The average Bonchev–Trinajstić information content (AvgIpc) is 2.57. The number of hydrogen-bond donors (Lipinski definition) is 2. The first-order valence-electron chi connectivity index (χ1n) is 4.49. The Kier molecular flexibility index (Phi) is 2.00. The molecule has 2 rings (SSSR count). The number of phenols is 1. The van der Waals surface area contributed by atoms with Crippen LogP contribution in [0.25, 0.3) is 11.3 Å². The first-order chi connectivity index (χ1) is 6.68. The predicted octanol–water partition coefficient (Wildman–Crippen LogP) is 2.40. The number of aromatic hydroxyl groups is 1. The summed E-state index contributed by atoms with van der Waals surface area (Å²) in [6.45, 7) is 3.81. The van der Waals surface area contributed by atoms with Crippen LogP contribution in [0.5, 0.6) is 5.75 Å². The van der Waals surface area contributed by atoms with E-state index in [1.807, 2.05) is 38.1 Å². The molecular formula is C11H12N2O. The van der Waals surface area contributed by atoms with E-state index in [4.69, 9.17) is 0 Å². The van der Waals surface area contributed by atoms with Gasteiger partial charge < -0.3 is 5.11 Å². The molecule has 72 valence electrons. The second kappa shape index (κ2) is 3.18. The molecule has 2 aromatic rings. The maximum atomic E-state index is 9.81. The van der Waals surface area contributed by atoms with Crippen LogP contribution in [-0.2, 0) is 0 Å². The van der Waals surface area contributed by atoms with Gasteiger partial charge in [0, 0.05) is 11.3 Å². The van der Waals surface area contributed by atoms with Crippen molar-refractivity contribution < 1.29 is 5.11 Å². The number of aromatic nitrogens is 2. The number of hydrogen-bond acceptors (Lipinski definition) is 2. The van der Waals surface area contributed by atoms with E-state index in [-0.39, 0.29) is 0 Å². The molecule has 2 N–H and O–H groups in total. The molecule has 3 nitrogen and oxygen atoms in total. The van der Waals surface area contributed by atoms with Crippen LogP contribution in [-0.4, -0.2) is 15.3 Å². The molecule has 0 saturated carbocycles. The highest BCUT2D eigenvalue weighted by Crippen LogP contribution is 2.30. The Labute approximate surface area is 82.4 Å². The van der Waals surface area contributed by atoms with Gasteiger partial charge in [-0.05, 0) is 31.5 Å². The lowest BCUT2D eigenvalue weighted by Gasteiger charge is -2.03. The number of nitrogens with one attached hydrogen (secondary N) is 1. The highest BCUT2D eigenvalue weighted by molar-refractivity contribution is 5.68. The standard InChI is InChI=1S/C11H12N2O/c1-7-4-3-5-9(11(7)14)10-6-8(2)12-13-10/h3-6,14H,1-2H3,(H,12,13). The Morgan fingerprint density at radius 2 is 2.07 bits per heavy atom. The minimum absolute atomic E-state index is 0.305. The summed E-state index contributed by atoms with van der Waals surface area (Å²) in [5.74, 6) is 0.305. The van der Waals surface area contributed by atoms with Gasteiger partial charge in [0.15, 0.2) is 0 Å². The van der Waals surface area contributed by atoms with E-state index in [1.165, 1.54) is 0 Å². The number of H-pyrrole nitrogens is 1. The normalized spacial score (nSPS) is 10.4. The molecule has 0 aliphatic heterocycles. The smallest absolute Gasteiger partial charge is 0.127 e. The van der Waals surface area contributed by atoms with Crippen molar-refractivity contribution in [3.8, 4) is 17.0 Å². The Balaban J connectivity index is 2.57. The van der Waals surface area contributed by atoms with Gasteiger partial charge in [0.25, 0.3) is 0 Å². The predicted molar refractivity (Wildman–Crippen MR) is 55.2 cm³/mol. The minimum Gasteiger partial charge on any atom is -0.507 e. The molecule has 0 bridgehead atoms. The molecule has 0 aliphatic rings. The summed E-state index contributed by atoms with van der Waals surface area (Å²) in [7, 11) is 0. The van der Waals surface area contributed by atoms with Crippen LogP contribution < -0.4 is 0 Å². The Morgan fingerprint density at radius 3 is 2.71 bits per heavy atom. The molecule has 14 heavy (non-hydrogen) atoms. The van der Waals surface area contributed by atoms with Crippen molar-refractivity contribution in [2.24, 2.45) is 0 Å². The molecule has 1 aromatic carbocycles. The van der Waals surface area contributed by atoms with Crippen LogP contribution in [0.1, 0.15) is 11.3 Å². The van der Waals surface area contributed by atoms with Crippen molar-refractivity contribution in [3.63, 3.8) is 0 Å². The fourth-order valence-corrected chi connectivity index (χ4v) is 1.42. The molecular weight excluding hydrogens is 176 g/mol. The van der Waals surface area contributed by atoms with Crippen molar-refractivity contribution in [1.29, 1.82) is 0 Å². The average molecular weight is 188 g/mol. The first kappa shape index (κ1) is 8.81. The summed E-state index contributed by atoms with van der Waals surface area (Å²) in [5.41, 5.74) is 3.40. The highest BCUT2D eigenvalue weighted by atomic mass is 16.3. The van der Waals surface area contributed by atoms with Gasteiger partial charge in [-0.3, -0.25) is 5.10 Å². The van der Waals surface area contributed by atoms with Crippen LogP contribution in [0.4, 0.5) is 0 Å². The van der Waals surface area contributed by atoms with Crippen LogP contribution in [0.3, 0.4) is 0 Å². The van der Waals surface area contributed by atoms with Crippen molar-refractivity contribution in [2.45, 2.75) is 13.8 Å². The third kappa shape index (κ3) is 1.37. The van der Waals surface area contributed by atoms with Crippen LogP contribution in [0.2, 0.25) is 0 Å². The molecule has 0 saturated heterocycles. The third-order valence-electron chi connectivity index (χ3n) is 2.22. The molecule has 0 spiro atoms. The van der Waals surface area contributed by atoms with Crippen LogP contribution >= 0.6 is 0 Å². The third-order valence-corrected chi connectivity index (χ3v) is 2.22. The van der Waals surface area contributed by atoms with Gasteiger partial charge in [0.05, 0.1) is 5.69 Å². The summed E-state index contributed by atoms with van der Waals surface area (Å²) < 4.78 is 0. The summed E-state index contributed by atoms with van der Waals surface area (Å²) in [6.07, 6.45) is 0. The summed E-state index contributed by atoms with van der Waals surface area (Å²) in [4.78, 5) is 0. The summed E-state index contributed by atoms with van der Waals surface area (Å²) in [5, 5.41) is 16.8. The lowest BCUT2D eigenvalue weighted by Crippen LogP contribution is -1.82. The quantitative estimate of drug-likeness (QED) is 0.722. The lowest BCUT2D eigenvalue weighted by atomic mass is 10.1. The van der Waals surface area contributed by atoms with Gasteiger partial charge in [-0.15, -0.1) is 0 Å². The van der Waals surface area contributed by atoms with Crippen molar-refractivity contribution in [3.05, 3.63) is 35.5 Å². The van der Waals surface area contributed by atoms with Crippen molar-refractivity contribution in [1.82, 2.24) is 10.2 Å². The molecule has 0 radical (unpaired) electrons. The van der Waals surface area contributed by atoms with Crippen molar-refractivity contribution in [2.75, 3.05) is 0 Å². The van der Waals surface area contributed by atoms with Crippen LogP contribution in [0, 0.1) is 13.8 Å². The number of nitrogens with zero attached hydrogens (tertiary/aromatic N) is 1. The van der Waals surface area contributed by atoms with Gasteiger partial charge in [-0.1, -0.05) is 12.1 Å². The van der Waals surface area contributed by atoms with Gasteiger partial charge in [-0.25, -0.2) is 0 Å². The number of aryl methyl sites for hydroxylation is 2. The minimum atomic E-state index is 0.305. The van der Waals surface area contributed by atoms with E-state index in [9.17, 15) is 5.11 Å². The van der Waals surface area contributed by atoms with E-state index in [0.29, 0.717) is 5.75 Å². The molecule has 0 amide bonds. The molecule has 1 heterocycles. The largest absolute Gasteiger partial charge is 0.507 e. The second-order valence-electron chi connectivity index (χ2n) is 3.41. The van der Waals surface area contributed by atoms with E-state index in [0.717, 1.165) is 22.5 Å². The monoisotopic (exact) mass is 188 g/mol. The van der Waals surface area contributed by atoms with Crippen molar-refractivity contribution >= 4 is 0 Å². The summed E-state index contributed by atoms with van der Waals surface area (Å²) >= 11 is 0. The SMILES string of the molecule is Cc1cc(-c2cccc(C)c2O)n[nH]1. The lowest BCUT2D eigenvalue weighted by molar-refractivity contribution is 0.473. The highest BCUT2D eigenvalue weighted by Gasteiger charge is 2.08. The Hall–Kier alpha value is -1.77. The van der Waals surface area contributed by atoms with Gasteiger partial charge in [0.1, 0.15) is 5.75 Å². The fraction of sp³-hybridized carbons (Fsp3) is 0.182. The fourth-order valence-electron chi connectivity index (χ4n) is 1.42. The van der Waals surface area contributed by atoms with E-state index < -0.39 is 0 Å². The Bertz CT molecular complexity index is 460. The molecule has 1 aromatic heterocycles. The Morgan fingerprint density at radius 1 is 1.29 bits per heavy atom. The zero-order valence-electron chi connectivity index (χ0n) is 8.20. The number of aromatic amines is 1. The maximum absolute atomic E-state index is 9.81. The summed E-state index contributed by atoms with van der Waals surface area (Å²) in [6, 6.07) is 7.55. The zero-order valence-corrected chi connectivity index (χ0v) is 8.20. The van der Waals surface area contributed by atoms with Gasteiger partial charge in [0.2, 0.25) is 0 Å². The molecule has 0 unspecified atom stereocenters. The first-order valence-corrected chi connectivity index (χ1v) is 4.49. The molecule has 0 aliphatic carbocycles. The molecule has 0 fully saturated rings. The number of phenolic OH excluding ortho intramolecular Hbond substituents is 1. The maximum Gasteiger partial charge on any atom is 0.127 e. The number of rotatable bonds is 1. The second-order valence-corrected chi connectivity index (χ2v) is 3.41. The van der Waals surface area contributed by atoms with E-state index in [1.54, 1.807) is 0 Å². The zero-order chi connectivity index (χ0) is 10.1. The topological polar surface area (TPSA) is 48.9 Å². The number of benzene rings is 1. The van der Waals surface area contributed by atoms with Gasteiger partial charge in [-0.2, -0.15) is 5.10 Å². The van der Waals surface area contributed by atoms with Gasteiger partial charge >= 0.3 is 0 Å². The molecule has 3 heteroatoms. The number of para-hydroxylation sites is 1. The van der Waals surface area contributed by atoms with E-state index in [2.05, 4.69) is 10.2 Å². The van der Waals surface area contributed by atoms with Crippen LogP contribution in [0.15, 0.2) is 24.3 Å².